The summed E-state index contributed by atoms with van der Waals surface area (Å²) in [4.78, 5) is 14.2. The van der Waals surface area contributed by atoms with Gasteiger partial charge in [0.05, 0.1) is 11.2 Å². The van der Waals surface area contributed by atoms with Crippen molar-refractivity contribution < 1.29 is 13.2 Å². The van der Waals surface area contributed by atoms with E-state index in [1.54, 1.807) is 9.58 Å². The summed E-state index contributed by atoms with van der Waals surface area (Å²) in [5.74, 6) is 0.0751. The number of benzene rings is 1. The van der Waals surface area contributed by atoms with E-state index in [2.05, 4.69) is 5.10 Å². The summed E-state index contributed by atoms with van der Waals surface area (Å²) in [5, 5.41) is 9.19. The van der Waals surface area contributed by atoms with Gasteiger partial charge in [-0.05, 0) is 30.2 Å². The van der Waals surface area contributed by atoms with Crippen LogP contribution in [0.4, 0.5) is 0 Å². The van der Waals surface area contributed by atoms with Crippen LogP contribution in [0.3, 0.4) is 0 Å². The highest BCUT2D eigenvalue weighted by molar-refractivity contribution is 7.89. The molecule has 0 aliphatic carbocycles. The molecule has 7 nitrogen and oxygen atoms in total. The van der Waals surface area contributed by atoms with Crippen molar-refractivity contribution in [2.24, 2.45) is 12.2 Å². The average Bonchev–Trinajstić information content (AvgIpc) is 3.13. The Hall–Kier alpha value is -1.90. The summed E-state index contributed by atoms with van der Waals surface area (Å²) in [7, 11) is -2.05. The number of carbonyl (C=O) groups is 1. The maximum Gasteiger partial charge on any atom is 0.253 e. The van der Waals surface area contributed by atoms with E-state index in [4.69, 9.17) is 16.7 Å². The number of nitrogens with zero attached hydrogens (tertiary/aromatic N) is 3. The molecule has 1 fully saturated rings. The van der Waals surface area contributed by atoms with Crippen LogP contribution in [-0.2, 0) is 17.1 Å². The Bertz CT molecular complexity index is 894. The molecule has 2 aromatic rings. The van der Waals surface area contributed by atoms with Gasteiger partial charge in [-0.15, -0.1) is 0 Å². The Balaban J connectivity index is 1.77. The summed E-state index contributed by atoms with van der Waals surface area (Å²) in [6.07, 6.45) is 4.63. The molecule has 1 aliphatic heterocycles. The Morgan fingerprint density at radius 2 is 2.17 bits per heavy atom. The highest BCUT2D eigenvalue weighted by Gasteiger charge is 2.29. The lowest BCUT2D eigenvalue weighted by molar-refractivity contribution is 0.0790. The first-order chi connectivity index (χ1) is 11.3. The summed E-state index contributed by atoms with van der Waals surface area (Å²) >= 11 is 5.95. The van der Waals surface area contributed by atoms with Crippen LogP contribution in [-0.4, -0.2) is 42.1 Å². The molecule has 9 heteroatoms. The largest absolute Gasteiger partial charge is 0.338 e. The maximum atomic E-state index is 12.6. The molecule has 1 aromatic heterocycles. The van der Waals surface area contributed by atoms with Crippen molar-refractivity contribution in [1.29, 1.82) is 0 Å². The standard InChI is InChI=1S/C15H17ClN4O3S/c1-19-8-12(7-18-19)11-4-5-20(9-11)15(21)10-2-3-14(13(16)6-10)24(17,22)23/h2-3,6-8,11H,4-5,9H2,1H3,(H2,17,22,23). The topological polar surface area (TPSA) is 98.3 Å². The third kappa shape index (κ3) is 3.31. The average molecular weight is 369 g/mol. The van der Waals surface area contributed by atoms with Gasteiger partial charge in [0.15, 0.2) is 0 Å². The van der Waals surface area contributed by atoms with E-state index in [-0.39, 0.29) is 21.7 Å². The molecule has 1 aromatic carbocycles. The number of likely N-dealkylation sites (tertiary alicyclic amines) is 1. The summed E-state index contributed by atoms with van der Waals surface area (Å²) in [5.41, 5.74) is 1.45. The number of rotatable bonds is 3. The molecule has 2 N–H and O–H groups in total. The van der Waals surface area contributed by atoms with E-state index < -0.39 is 10.0 Å². The van der Waals surface area contributed by atoms with Crippen LogP contribution < -0.4 is 5.14 Å². The van der Waals surface area contributed by atoms with Gasteiger partial charge in [0, 0.05) is 37.8 Å². The fraction of sp³-hybridized carbons (Fsp3) is 0.333. The zero-order chi connectivity index (χ0) is 17.5. The number of primary sulfonamides is 1. The minimum absolute atomic E-state index is 0.0497. The van der Waals surface area contributed by atoms with E-state index in [0.717, 1.165) is 12.0 Å². The monoisotopic (exact) mass is 368 g/mol. The number of aromatic nitrogens is 2. The van der Waals surface area contributed by atoms with E-state index in [1.165, 1.54) is 18.2 Å². The minimum Gasteiger partial charge on any atom is -0.338 e. The smallest absolute Gasteiger partial charge is 0.253 e. The first-order valence-electron chi connectivity index (χ1n) is 7.36. The molecule has 2 heterocycles. The van der Waals surface area contributed by atoms with E-state index >= 15 is 0 Å². The molecular formula is C15H17ClN4O3S. The van der Waals surface area contributed by atoms with Crippen LogP contribution >= 0.6 is 11.6 Å². The molecule has 0 spiro atoms. The normalized spacial score (nSPS) is 18.1. The van der Waals surface area contributed by atoms with Gasteiger partial charge in [-0.1, -0.05) is 11.6 Å². The van der Waals surface area contributed by atoms with Crippen LogP contribution in [0.2, 0.25) is 5.02 Å². The Morgan fingerprint density at radius 3 is 2.75 bits per heavy atom. The van der Waals surface area contributed by atoms with Crippen LogP contribution in [0.5, 0.6) is 0 Å². The predicted molar refractivity (Wildman–Crippen MR) is 89.3 cm³/mol. The number of hydrogen-bond donors (Lipinski definition) is 1. The molecule has 1 aliphatic rings. The summed E-state index contributed by atoms with van der Waals surface area (Å²) in [6.45, 7) is 1.23. The lowest BCUT2D eigenvalue weighted by Gasteiger charge is -2.17. The highest BCUT2D eigenvalue weighted by atomic mass is 35.5. The highest BCUT2D eigenvalue weighted by Crippen LogP contribution is 2.29. The van der Waals surface area contributed by atoms with E-state index in [1.807, 2.05) is 19.4 Å². The Kier molecular flexibility index (Phi) is 4.37. The second-order valence-electron chi connectivity index (χ2n) is 5.87. The lowest BCUT2D eigenvalue weighted by atomic mass is 10.0. The number of nitrogens with two attached hydrogens (primary N) is 1. The van der Waals surface area contributed by atoms with E-state index in [9.17, 15) is 13.2 Å². The second-order valence-corrected chi connectivity index (χ2v) is 7.81. The van der Waals surface area contributed by atoms with Crippen molar-refractivity contribution in [3.8, 4) is 0 Å². The fourth-order valence-electron chi connectivity index (χ4n) is 2.91. The van der Waals surface area contributed by atoms with Gasteiger partial charge < -0.3 is 4.90 Å². The fourth-order valence-corrected chi connectivity index (χ4v) is 4.01. The molecule has 0 saturated carbocycles. The molecule has 3 rings (SSSR count). The van der Waals surface area contributed by atoms with Crippen LogP contribution in [0.25, 0.3) is 0 Å². The Labute approximate surface area is 145 Å². The molecule has 1 atom stereocenters. The van der Waals surface area contributed by atoms with Gasteiger partial charge in [-0.2, -0.15) is 5.10 Å². The van der Waals surface area contributed by atoms with E-state index in [0.29, 0.717) is 18.7 Å². The van der Waals surface area contributed by atoms with Crippen LogP contribution in [0, 0.1) is 0 Å². The quantitative estimate of drug-likeness (QED) is 0.884. The first kappa shape index (κ1) is 16.9. The number of sulfonamides is 1. The van der Waals surface area contributed by atoms with Gasteiger partial charge in [-0.3, -0.25) is 9.48 Å². The molecule has 0 radical (unpaired) electrons. The van der Waals surface area contributed by atoms with Crippen molar-refractivity contribution in [3.05, 3.63) is 46.7 Å². The van der Waals surface area contributed by atoms with Crippen molar-refractivity contribution >= 4 is 27.5 Å². The number of amides is 1. The molecule has 0 bridgehead atoms. The number of aryl methyl sites for hydroxylation is 1. The van der Waals surface area contributed by atoms with Crippen LogP contribution in [0.15, 0.2) is 35.5 Å². The second kappa shape index (κ2) is 6.19. The summed E-state index contributed by atoms with van der Waals surface area (Å²) < 4.78 is 24.5. The van der Waals surface area contributed by atoms with Crippen molar-refractivity contribution in [1.82, 2.24) is 14.7 Å². The maximum absolute atomic E-state index is 12.6. The van der Waals surface area contributed by atoms with Crippen molar-refractivity contribution in [2.45, 2.75) is 17.2 Å². The lowest BCUT2D eigenvalue weighted by Crippen LogP contribution is -2.28. The molecule has 1 amide bonds. The molecule has 1 unspecified atom stereocenters. The molecule has 24 heavy (non-hydrogen) atoms. The number of carbonyl (C=O) groups excluding carboxylic acids is 1. The third-order valence-corrected chi connectivity index (χ3v) is 5.55. The van der Waals surface area contributed by atoms with Gasteiger partial charge in [-0.25, -0.2) is 13.6 Å². The number of hydrogen-bond acceptors (Lipinski definition) is 4. The third-order valence-electron chi connectivity index (χ3n) is 4.16. The molecule has 1 saturated heterocycles. The van der Waals surface area contributed by atoms with Gasteiger partial charge in [0.25, 0.3) is 5.91 Å². The number of halogens is 1. The van der Waals surface area contributed by atoms with Gasteiger partial charge >= 0.3 is 0 Å². The Morgan fingerprint density at radius 1 is 1.42 bits per heavy atom. The summed E-state index contributed by atoms with van der Waals surface area (Å²) in [6, 6.07) is 4.05. The molecular weight excluding hydrogens is 352 g/mol. The van der Waals surface area contributed by atoms with Crippen molar-refractivity contribution in [3.63, 3.8) is 0 Å². The zero-order valence-electron chi connectivity index (χ0n) is 13.0. The van der Waals surface area contributed by atoms with Gasteiger partial charge in [0.1, 0.15) is 4.90 Å². The molecule has 128 valence electrons. The van der Waals surface area contributed by atoms with Crippen molar-refractivity contribution in [2.75, 3.05) is 13.1 Å². The van der Waals surface area contributed by atoms with Crippen LogP contribution in [0.1, 0.15) is 28.3 Å². The first-order valence-corrected chi connectivity index (χ1v) is 9.28. The van der Waals surface area contributed by atoms with Gasteiger partial charge in [0.2, 0.25) is 10.0 Å². The predicted octanol–water partition coefficient (Wildman–Crippen LogP) is 1.35. The minimum atomic E-state index is -3.90. The SMILES string of the molecule is Cn1cc(C2CCN(C(=O)c3ccc(S(N)(=O)=O)c(Cl)c3)C2)cn1. The zero-order valence-corrected chi connectivity index (χ0v) is 14.6.